The Morgan fingerprint density at radius 1 is 1.26 bits per heavy atom. The van der Waals surface area contributed by atoms with Gasteiger partial charge >= 0.3 is 0 Å². The fourth-order valence-electron chi connectivity index (χ4n) is 3.51. The zero-order valence-electron chi connectivity index (χ0n) is 14.1. The summed E-state index contributed by atoms with van der Waals surface area (Å²) in [6.45, 7) is 9.51. The molecule has 2 fully saturated rings. The van der Waals surface area contributed by atoms with E-state index in [4.69, 9.17) is 4.74 Å². The third-order valence-electron chi connectivity index (χ3n) is 4.94. The third-order valence-corrected chi connectivity index (χ3v) is 4.94. The Morgan fingerprint density at radius 2 is 2.09 bits per heavy atom. The Morgan fingerprint density at radius 3 is 2.83 bits per heavy atom. The first-order chi connectivity index (χ1) is 11.3. The highest BCUT2D eigenvalue weighted by Gasteiger charge is 2.24. The van der Waals surface area contributed by atoms with Crippen molar-refractivity contribution in [3.8, 4) is 0 Å². The summed E-state index contributed by atoms with van der Waals surface area (Å²) < 4.78 is 7.23. The van der Waals surface area contributed by atoms with Crippen LogP contribution in [0, 0.1) is 5.92 Å². The quantitative estimate of drug-likeness (QED) is 0.843. The predicted molar refractivity (Wildman–Crippen MR) is 88.4 cm³/mol. The summed E-state index contributed by atoms with van der Waals surface area (Å²) in [5, 5.41) is 4.35. The van der Waals surface area contributed by atoms with Crippen LogP contribution in [0.4, 0.5) is 0 Å². The third kappa shape index (κ3) is 4.32. The van der Waals surface area contributed by atoms with Gasteiger partial charge in [-0.15, -0.1) is 0 Å². The second kappa shape index (κ2) is 7.93. The molecular weight excluding hydrogens is 292 g/mol. The molecule has 1 unspecified atom stereocenters. The number of rotatable bonds is 4. The van der Waals surface area contributed by atoms with E-state index >= 15 is 0 Å². The van der Waals surface area contributed by atoms with Gasteiger partial charge in [0.05, 0.1) is 13.2 Å². The number of hydrogen-bond acceptors (Lipinski definition) is 4. The first kappa shape index (κ1) is 16.5. The van der Waals surface area contributed by atoms with E-state index in [0.717, 1.165) is 65.3 Å². The average Bonchev–Trinajstić information content (AvgIpc) is 2.95. The zero-order valence-corrected chi connectivity index (χ0v) is 14.1. The van der Waals surface area contributed by atoms with Crippen molar-refractivity contribution in [3.63, 3.8) is 0 Å². The van der Waals surface area contributed by atoms with E-state index in [1.54, 1.807) is 0 Å². The lowest BCUT2D eigenvalue weighted by molar-refractivity contribution is 0.0296. The molecule has 3 rings (SSSR count). The van der Waals surface area contributed by atoms with Crippen molar-refractivity contribution >= 4 is 5.91 Å². The smallest absolute Gasteiger partial charge is 0.274 e. The van der Waals surface area contributed by atoms with Crippen LogP contribution in [0.5, 0.6) is 0 Å². The number of likely N-dealkylation sites (tertiary alicyclic amines) is 1. The zero-order chi connectivity index (χ0) is 16.1. The van der Waals surface area contributed by atoms with Crippen LogP contribution in [0.25, 0.3) is 0 Å². The van der Waals surface area contributed by atoms with Gasteiger partial charge in [-0.3, -0.25) is 14.4 Å². The maximum Gasteiger partial charge on any atom is 0.274 e. The molecule has 2 aliphatic heterocycles. The molecule has 1 amide bonds. The van der Waals surface area contributed by atoms with Crippen LogP contribution in [-0.2, 0) is 11.3 Å². The van der Waals surface area contributed by atoms with Gasteiger partial charge in [-0.25, -0.2) is 0 Å². The molecule has 2 saturated heterocycles. The Kier molecular flexibility index (Phi) is 5.67. The minimum atomic E-state index is 0.0872. The van der Waals surface area contributed by atoms with Crippen LogP contribution in [-0.4, -0.2) is 71.4 Å². The Balaban J connectivity index is 1.52. The summed E-state index contributed by atoms with van der Waals surface area (Å²) in [6, 6.07) is 1.84. The lowest BCUT2D eigenvalue weighted by Crippen LogP contribution is -2.39. The number of hydrogen-bond donors (Lipinski definition) is 0. The summed E-state index contributed by atoms with van der Waals surface area (Å²) >= 11 is 0. The molecule has 1 aromatic heterocycles. The minimum absolute atomic E-state index is 0.0872. The SMILES string of the molecule is CCn1ccc(C(=O)N2CCCC(CN3CCOCC3)CC2)n1. The van der Waals surface area contributed by atoms with Crippen molar-refractivity contribution in [1.82, 2.24) is 19.6 Å². The first-order valence-corrected chi connectivity index (χ1v) is 8.89. The maximum absolute atomic E-state index is 12.6. The standard InChI is InChI=1S/C17H28N4O2/c1-2-21-9-6-16(18-21)17(22)20-7-3-4-15(5-8-20)14-19-10-12-23-13-11-19/h6,9,15H,2-5,7-8,10-14H2,1H3. The van der Waals surface area contributed by atoms with E-state index < -0.39 is 0 Å². The number of carbonyl (C=O) groups is 1. The van der Waals surface area contributed by atoms with Gasteiger partial charge in [0, 0.05) is 45.5 Å². The second-order valence-electron chi connectivity index (χ2n) is 6.56. The van der Waals surface area contributed by atoms with Crippen LogP contribution in [0.1, 0.15) is 36.7 Å². The van der Waals surface area contributed by atoms with Gasteiger partial charge in [-0.2, -0.15) is 5.10 Å². The fraction of sp³-hybridized carbons (Fsp3) is 0.765. The number of nitrogens with zero attached hydrogens (tertiary/aromatic N) is 4. The normalized spacial score (nSPS) is 23.7. The Labute approximate surface area is 138 Å². The Bertz CT molecular complexity index is 510. The van der Waals surface area contributed by atoms with Crippen molar-refractivity contribution in [2.24, 2.45) is 5.92 Å². The highest BCUT2D eigenvalue weighted by molar-refractivity contribution is 5.92. The lowest BCUT2D eigenvalue weighted by atomic mass is 10.00. The van der Waals surface area contributed by atoms with Gasteiger partial charge in [-0.05, 0) is 38.2 Å². The Hall–Kier alpha value is -1.40. The molecule has 2 aliphatic rings. The minimum Gasteiger partial charge on any atom is -0.379 e. The second-order valence-corrected chi connectivity index (χ2v) is 6.56. The van der Waals surface area contributed by atoms with Crippen LogP contribution >= 0.6 is 0 Å². The molecule has 0 saturated carbocycles. The molecule has 0 bridgehead atoms. The monoisotopic (exact) mass is 320 g/mol. The van der Waals surface area contributed by atoms with Crippen LogP contribution < -0.4 is 0 Å². The van der Waals surface area contributed by atoms with Gasteiger partial charge in [0.15, 0.2) is 0 Å². The molecule has 6 nitrogen and oxygen atoms in total. The summed E-state index contributed by atoms with van der Waals surface area (Å²) in [5.41, 5.74) is 0.582. The fourth-order valence-corrected chi connectivity index (χ4v) is 3.51. The number of aromatic nitrogens is 2. The van der Waals surface area contributed by atoms with Crippen molar-refractivity contribution < 1.29 is 9.53 Å². The van der Waals surface area contributed by atoms with Crippen molar-refractivity contribution in [2.45, 2.75) is 32.7 Å². The van der Waals surface area contributed by atoms with Gasteiger partial charge in [-0.1, -0.05) is 0 Å². The maximum atomic E-state index is 12.6. The summed E-state index contributed by atoms with van der Waals surface area (Å²) in [6.07, 6.45) is 5.28. The lowest BCUT2D eigenvalue weighted by Gasteiger charge is -2.30. The molecule has 1 aromatic rings. The van der Waals surface area contributed by atoms with E-state index in [1.807, 2.05) is 28.8 Å². The van der Waals surface area contributed by atoms with E-state index in [9.17, 15) is 4.79 Å². The van der Waals surface area contributed by atoms with Crippen molar-refractivity contribution in [3.05, 3.63) is 18.0 Å². The number of morpholine rings is 1. The van der Waals surface area contributed by atoms with Crippen LogP contribution in [0.2, 0.25) is 0 Å². The van der Waals surface area contributed by atoms with Crippen molar-refractivity contribution in [2.75, 3.05) is 45.9 Å². The molecule has 23 heavy (non-hydrogen) atoms. The predicted octanol–water partition coefficient (Wildman–Crippen LogP) is 1.48. The van der Waals surface area contributed by atoms with Gasteiger partial charge in [0.2, 0.25) is 0 Å². The van der Waals surface area contributed by atoms with Gasteiger partial charge in [0.1, 0.15) is 5.69 Å². The van der Waals surface area contributed by atoms with E-state index in [1.165, 1.54) is 6.42 Å². The molecule has 128 valence electrons. The molecule has 3 heterocycles. The highest BCUT2D eigenvalue weighted by atomic mass is 16.5. The number of carbonyl (C=O) groups excluding carboxylic acids is 1. The van der Waals surface area contributed by atoms with Crippen molar-refractivity contribution in [1.29, 1.82) is 0 Å². The average molecular weight is 320 g/mol. The molecule has 0 radical (unpaired) electrons. The molecule has 0 aromatic carbocycles. The molecule has 0 aliphatic carbocycles. The van der Waals surface area contributed by atoms with E-state index in [0.29, 0.717) is 11.6 Å². The van der Waals surface area contributed by atoms with E-state index in [-0.39, 0.29) is 5.91 Å². The summed E-state index contributed by atoms with van der Waals surface area (Å²) in [7, 11) is 0. The summed E-state index contributed by atoms with van der Waals surface area (Å²) in [5.74, 6) is 0.781. The van der Waals surface area contributed by atoms with Crippen LogP contribution in [0.3, 0.4) is 0 Å². The number of ether oxygens (including phenoxy) is 1. The largest absolute Gasteiger partial charge is 0.379 e. The first-order valence-electron chi connectivity index (χ1n) is 8.89. The molecule has 0 N–H and O–H groups in total. The van der Waals surface area contributed by atoms with E-state index in [2.05, 4.69) is 10.00 Å². The number of aryl methyl sites for hydroxylation is 1. The molecular formula is C17H28N4O2. The number of amides is 1. The molecule has 6 heteroatoms. The molecule has 0 spiro atoms. The summed E-state index contributed by atoms with van der Waals surface area (Å²) in [4.78, 5) is 17.1. The highest BCUT2D eigenvalue weighted by Crippen LogP contribution is 2.20. The van der Waals surface area contributed by atoms with Crippen LogP contribution in [0.15, 0.2) is 12.3 Å². The van der Waals surface area contributed by atoms with Gasteiger partial charge < -0.3 is 9.64 Å². The van der Waals surface area contributed by atoms with Gasteiger partial charge in [0.25, 0.3) is 5.91 Å². The molecule has 1 atom stereocenters. The topological polar surface area (TPSA) is 50.6 Å².